The van der Waals surface area contributed by atoms with E-state index in [0.717, 1.165) is 36.9 Å². The van der Waals surface area contributed by atoms with Crippen LogP contribution in [-0.2, 0) is 33.8 Å². The lowest BCUT2D eigenvalue weighted by molar-refractivity contribution is -0.169. The van der Waals surface area contributed by atoms with Gasteiger partial charge in [-0.2, -0.15) is 0 Å². The van der Waals surface area contributed by atoms with Crippen molar-refractivity contribution in [1.29, 1.82) is 0 Å². The van der Waals surface area contributed by atoms with Crippen molar-refractivity contribution in [3.63, 3.8) is 0 Å². The van der Waals surface area contributed by atoms with Crippen LogP contribution in [0, 0.1) is 5.82 Å². The Hall–Kier alpha value is -4.28. The minimum atomic E-state index is -0.739. The Morgan fingerprint density at radius 3 is 2.28 bits per heavy atom. The largest absolute Gasteiger partial charge is 0.508 e. The number of benzene rings is 3. The van der Waals surface area contributed by atoms with Gasteiger partial charge < -0.3 is 20.2 Å². The molecule has 4 rings (SSSR count). The van der Waals surface area contributed by atoms with E-state index in [1.807, 2.05) is 25.2 Å². The van der Waals surface area contributed by atoms with Gasteiger partial charge >= 0.3 is 0 Å². The van der Waals surface area contributed by atoms with Gasteiger partial charge in [0.1, 0.15) is 24.3 Å². The maximum atomic E-state index is 13.5. The topological polar surface area (TPSA) is 96.4 Å². The fourth-order valence-electron chi connectivity index (χ4n) is 4.79. The Morgan fingerprint density at radius 1 is 1.00 bits per heavy atom. The summed E-state index contributed by atoms with van der Waals surface area (Å²) in [5.74, 6) is -0.406. The van der Waals surface area contributed by atoms with Crippen LogP contribution in [0.2, 0.25) is 0 Å². The molecule has 1 aliphatic heterocycles. The number of rotatable bonds is 12. The molecule has 3 amide bonds. The maximum Gasteiger partial charge on any atom is 0.245 e. The van der Waals surface area contributed by atoms with Gasteiger partial charge in [-0.25, -0.2) is 9.40 Å². The molecule has 2 N–H and O–H groups in total. The van der Waals surface area contributed by atoms with E-state index in [9.17, 15) is 23.9 Å². The third-order valence-corrected chi connectivity index (χ3v) is 7.29. The highest BCUT2D eigenvalue weighted by atomic mass is 19.1. The number of phenolic OH excluding ortho intramolecular Hbond substituents is 1. The first-order valence-electron chi connectivity index (χ1n) is 14.4. The maximum absolute atomic E-state index is 13.5. The Bertz CT molecular complexity index is 1290. The molecule has 0 aliphatic carbocycles. The number of hydrazine groups is 1. The van der Waals surface area contributed by atoms with E-state index in [2.05, 4.69) is 17.4 Å². The minimum Gasteiger partial charge on any atom is -0.508 e. The Labute approximate surface area is 253 Å². The molecule has 10 heteroatoms. The van der Waals surface area contributed by atoms with Crippen molar-refractivity contribution in [3.8, 4) is 5.75 Å². The SMILES string of the molecule is CN(CCCCc1ccccc1)C(=O)C(Cc1ccc(O)cc1)N1CN(C=O)N(C)CC1=O.CNCc1ccc(F)cc1. The number of hydrogen-bond acceptors (Lipinski definition) is 6. The summed E-state index contributed by atoms with van der Waals surface area (Å²) >= 11 is 0. The Balaban J connectivity index is 0.000000428. The molecule has 9 nitrogen and oxygen atoms in total. The Morgan fingerprint density at radius 2 is 1.65 bits per heavy atom. The molecule has 0 spiro atoms. The van der Waals surface area contributed by atoms with Crippen molar-refractivity contribution < 1.29 is 23.9 Å². The number of aromatic hydroxyl groups is 1. The van der Waals surface area contributed by atoms with Crippen LogP contribution < -0.4 is 5.32 Å². The van der Waals surface area contributed by atoms with Crippen LogP contribution in [0.3, 0.4) is 0 Å². The standard InChI is InChI=1S/C25H32N4O4.C8H10FN/c1-26(15-7-6-10-20-8-4-3-5-9-20)25(33)23(16-21-11-13-22(31)14-12-21)29-18-28(19-30)27(2)17-24(29)32;1-10-6-7-2-4-8(9)5-3-7/h3-5,8-9,11-14,19,23,31H,6-7,10,15-18H2,1-2H3;2-5,10H,6H2,1H3. The van der Waals surface area contributed by atoms with Crippen molar-refractivity contribution in [1.82, 2.24) is 25.1 Å². The van der Waals surface area contributed by atoms with E-state index in [1.165, 1.54) is 27.6 Å². The van der Waals surface area contributed by atoms with Gasteiger partial charge in [0, 0.05) is 33.6 Å². The monoisotopic (exact) mass is 591 g/mol. The van der Waals surface area contributed by atoms with Crippen molar-refractivity contribution >= 4 is 18.2 Å². The van der Waals surface area contributed by atoms with Crippen LogP contribution in [0.5, 0.6) is 5.75 Å². The van der Waals surface area contributed by atoms with Gasteiger partial charge in [-0.05, 0) is 67.3 Å². The van der Waals surface area contributed by atoms with Gasteiger partial charge in [0.25, 0.3) is 0 Å². The van der Waals surface area contributed by atoms with Crippen molar-refractivity contribution in [2.75, 3.05) is 40.9 Å². The van der Waals surface area contributed by atoms with Crippen molar-refractivity contribution in [3.05, 3.63) is 101 Å². The summed E-state index contributed by atoms with van der Waals surface area (Å²) in [6.07, 6.45) is 3.71. The third-order valence-electron chi connectivity index (χ3n) is 7.29. The zero-order valence-corrected chi connectivity index (χ0v) is 25.2. The van der Waals surface area contributed by atoms with E-state index in [-0.39, 0.29) is 36.6 Å². The lowest BCUT2D eigenvalue weighted by Gasteiger charge is -2.43. The van der Waals surface area contributed by atoms with Gasteiger partial charge in [-0.15, -0.1) is 0 Å². The third kappa shape index (κ3) is 10.5. The molecule has 0 radical (unpaired) electrons. The second kappa shape index (κ2) is 17.0. The van der Waals surface area contributed by atoms with E-state index >= 15 is 0 Å². The van der Waals surface area contributed by atoms with E-state index in [4.69, 9.17) is 0 Å². The number of aryl methyl sites for hydroxylation is 1. The smallest absolute Gasteiger partial charge is 0.245 e. The molecule has 43 heavy (non-hydrogen) atoms. The van der Waals surface area contributed by atoms with Crippen LogP contribution in [0.15, 0.2) is 78.9 Å². The van der Waals surface area contributed by atoms with Crippen molar-refractivity contribution in [2.24, 2.45) is 0 Å². The number of carbonyl (C=O) groups excluding carboxylic acids is 3. The van der Waals surface area contributed by atoms with E-state index < -0.39 is 6.04 Å². The molecule has 3 aromatic rings. The zero-order valence-electron chi connectivity index (χ0n) is 25.2. The predicted octanol–water partition coefficient (Wildman–Crippen LogP) is 3.43. The summed E-state index contributed by atoms with van der Waals surface area (Å²) in [5.41, 5.74) is 3.20. The second-order valence-electron chi connectivity index (χ2n) is 10.6. The molecule has 0 bridgehead atoms. The van der Waals surface area contributed by atoms with Crippen LogP contribution in [0.25, 0.3) is 0 Å². The second-order valence-corrected chi connectivity index (χ2v) is 10.6. The highest BCUT2D eigenvalue weighted by Gasteiger charge is 2.37. The summed E-state index contributed by atoms with van der Waals surface area (Å²) in [6, 6.07) is 22.6. The summed E-state index contributed by atoms with van der Waals surface area (Å²) in [5, 5.41) is 15.5. The first-order chi connectivity index (χ1) is 20.7. The summed E-state index contributed by atoms with van der Waals surface area (Å²) in [4.78, 5) is 40.9. The summed E-state index contributed by atoms with van der Waals surface area (Å²) < 4.78 is 12.3. The number of nitrogens with one attached hydrogen (secondary N) is 1. The fourth-order valence-corrected chi connectivity index (χ4v) is 4.79. The highest BCUT2D eigenvalue weighted by molar-refractivity contribution is 5.89. The lowest BCUT2D eigenvalue weighted by atomic mass is 10.0. The zero-order chi connectivity index (χ0) is 31.2. The van der Waals surface area contributed by atoms with Crippen LogP contribution >= 0.6 is 0 Å². The molecule has 3 aromatic carbocycles. The number of nitrogens with zero attached hydrogens (tertiary/aromatic N) is 4. The molecule has 1 fully saturated rings. The van der Waals surface area contributed by atoms with Gasteiger partial charge in [0.15, 0.2) is 0 Å². The number of amides is 3. The number of likely N-dealkylation sites (N-methyl/N-ethyl adjacent to an activating group) is 2. The van der Waals surface area contributed by atoms with Crippen LogP contribution in [0.4, 0.5) is 4.39 Å². The molecule has 0 aromatic heterocycles. The molecule has 1 saturated heterocycles. The number of unbranched alkanes of at least 4 members (excludes halogenated alkanes) is 1. The first kappa shape index (κ1) is 33.2. The number of halogens is 1. The summed E-state index contributed by atoms with van der Waals surface area (Å²) in [7, 11) is 5.29. The van der Waals surface area contributed by atoms with E-state index in [1.54, 1.807) is 60.4 Å². The Kier molecular flexibility index (Phi) is 13.1. The summed E-state index contributed by atoms with van der Waals surface area (Å²) in [6.45, 7) is 1.42. The molecule has 1 heterocycles. The number of phenols is 1. The number of carbonyl (C=O) groups is 3. The molecule has 1 unspecified atom stereocenters. The van der Waals surface area contributed by atoms with E-state index in [0.29, 0.717) is 19.4 Å². The van der Waals surface area contributed by atoms with Gasteiger partial charge in [-0.3, -0.25) is 19.4 Å². The van der Waals surface area contributed by atoms with Crippen molar-refractivity contribution in [2.45, 2.75) is 38.3 Å². The van der Waals surface area contributed by atoms with Gasteiger partial charge in [0.05, 0.1) is 6.54 Å². The molecular formula is C33H42FN5O4. The minimum absolute atomic E-state index is 0.0230. The average Bonchev–Trinajstić information content (AvgIpc) is 3.01. The predicted molar refractivity (Wildman–Crippen MR) is 164 cm³/mol. The fraction of sp³-hybridized carbons (Fsp3) is 0.364. The van der Waals surface area contributed by atoms with Gasteiger partial charge in [-0.1, -0.05) is 54.6 Å². The average molecular weight is 592 g/mol. The molecule has 0 saturated carbocycles. The van der Waals surface area contributed by atoms with Crippen LogP contribution in [0.1, 0.15) is 29.5 Å². The molecule has 1 atom stereocenters. The molecule has 230 valence electrons. The molecular weight excluding hydrogens is 549 g/mol. The lowest BCUT2D eigenvalue weighted by Crippen LogP contribution is -2.63. The first-order valence-corrected chi connectivity index (χ1v) is 14.4. The quantitative estimate of drug-likeness (QED) is 0.248. The highest BCUT2D eigenvalue weighted by Crippen LogP contribution is 2.19. The van der Waals surface area contributed by atoms with Crippen LogP contribution in [-0.4, -0.2) is 90.1 Å². The normalized spacial score (nSPS) is 14.1. The molecule has 1 aliphatic rings. The number of hydrogen-bond donors (Lipinski definition) is 2. The van der Waals surface area contributed by atoms with Gasteiger partial charge in [0.2, 0.25) is 18.2 Å².